The Kier molecular flexibility index (Phi) is 5.67. The van der Waals surface area contributed by atoms with Crippen molar-refractivity contribution in [1.82, 2.24) is 15.3 Å². The first kappa shape index (κ1) is 20.9. The molecule has 0 saturated carbocycles. The Balaban J connectivity index is 1.55. The minimum absolute atomic E-state index is 0.0688. The van der Waals surface area contributed by atoms with E-state index in [9.17, 15) is 31.1 Å². The zero-order valence-electron chi connectivity index (χ0n) is 14.9. The van der Waals surface area contributed by atoms with E-state index in [0.717, 1.165) is 12.1 Å². The van der Waals surface area contributed by atoms with Gasteiger partial charge in [-0.3, -0.25) is 9.78 Å². The van der Waals surface area contributed by atoms with Crippen LogP contribution in [0.3, 0.4) is 0 Å². The molecule has 29 heavy (non-hydrogen) atoms. The first-order valence-electron chi connectivity index (χ1n) is 8.62. The monoisotopic (exact) mass is 418 g/mol. The number of halogens is 6. The molecule has 0 spiro atoms. The second-order valence-corrected chi connectivity index (χ2v) is 6.63. The molecule has 1 unspecified atom stereocenters. The number of hydrogen-bond donors (Lipinski definition) is 1. The normalized spacial score (nSPS) is 17.4. The number of aromatic nitrogens is 2. The molecule has 0 aliphatic carbocycles. The first-order valence-corrected chi connectivity index (χ1v) is 8.62. The molecule has 0 radical (unpaired) electrons. The van der Waals surface area contributed by atoms with Gasteiger partial charge in [0.1, 0.15) is 5.82 Å². The summed E-state index contributed by atoms with van der Waals surface area (Å²) in [4.78, 5) is 20.9. The highest BCUT2D eigenvalue weighted by molar-refractivity contribution is 5.79. The number of carbonyl (C=O) groups is 1. The number of benzene rings is 1. The van der Waals surface area contributed by atoms with Crippen molar-refractivity contribution in [2.24, 2.45) is 0 Å². The summed E-state index contributed by atoms with van der Waals surface area (Å²) >= 11 is 0. The van der Waals surface area contributed by atoms with Crippen molar-refractivity contribution in [3.8, 4) is 0 Å². The van der Waals surface area contributed by atoms with Gasteiger partial charge in [0.15, 0.2) is 5.69 Å². The van der Waals surface area contributed by atoms with Crippen molar-refractivity contribution in [3.05, 3.63) is 53.5 Å². The van der Waals surface area contributed by atoms with Gasteiger partial charge in [-0.1, -0.05) is 12.1 Å². The molecule has 2 heterocycles. The predicted octanol–water partition coefficient (Wildman–Crippen LogP) is 3.45. The van der Waals surface area contributed by atoms with E-state index in [2.05, 4.69) is 15.3 Å². The summed E-state index contributed by atoms with van der Waals surface area (Å²) in [5, 5.41) is 2.74. The Labute approximate surface area is 161 Å². The third kappa shape index (κ3) is 5.36. The zero-order valence-corrected chi connectivity index (χ0v) is 14.9. The van der Waals surface area contributed by atoms with Crippen LogP contribution < -0.4 is 10.2 Å². The Morgan fingerprint density at radius 3 is 2.38 bits per heavy atom. The lowest BCUT2D eigenvalue weighted by Gasteiger charge is -2.18. The Bertz CT molecular complexity index is 866. The van der Waals surface area contributed by atoms with Crippen LogP contribution in [0.4, 0.5) is 32.2 Å². The van der Waals surface area contributed by atoms with Crippen LogP contribution in [0, 0.1) is 0 Å². The third-order valence-corrected chi connectivity index (χ3v) is 4.44. The molecule has 2 aromatic rings. The molecule has 0 bridgehead atoms. The fraction of sp³-hybridized carbons (Fsp3) is 0.389. The Morgan fingerprint density at radius 2 is 1.76 bits per heavy atom. The van der Waals surface area contributed by atoms with Crippen LogP contribution in [0.25, 0.3) is 0 Å². The van der Waals surface area contributed by atoms with Crippen LogP contribution in [-0.4, -0.2) is 35.0 Å². The highest BCUT2D eigenvalue weighted by Crippen LogP contribution is 2.30. The van der Waals surface area contributed by atoms with Gasteiger partial charge in [-0.15, -0.1) is 0 Å². The van der Waals surface area contributed by atoms with E-state index in [0.29, 0.717) is 24.7 Å². The highest BCUT2D eigenvalue weighted by atomic mass is 19.4. The lowest BCUT2D eigenvalue weighted by Crippen LogP contribution is -2.38. The van der Waals surface area contributed by atoms with Gasteiger partial charge in [0.2, 0.25) is 5.91 Å². The molecule has 11 heteroatoms. The van der Waals surface area contributed by atoms with Crippen LogP contribution >= 0.6 is 0 Å². The summed E-state index contributed by atoms with van der Waals surface area (Å²) in [7, 11) is 0. The molecule has 156 valence electrons. The van der Waals surface area contributed by atoms with Crippen molar-refractivity contribution in [2.75, 3.05) is 18.0 Å². The van der Waals surface area contributed by atoms with E-state index in [-0.39, 0.29) is 30.7 Å². The summed E-state index contributed by atoms with van der Waals surface area (Å²) in [6.07, 6.45) is -6.78. The van der Waals surface area contributed by atoms with E-state index >= 15 is 0 Å². The molecule has 1 aliphatic rings. The molecule has 1 aromatic heterocycles. The number of amides is 1. The third-order valence-electron chi connectivity index (χ3n) is 4.44. The number of carbonyl (C=O) groups excluding carboxylic acids is 1. The number of rotatable bonds is 4. The van der Waals surface area contributed by atoms with Crippen LogP contribution in [0.5, 0.6) is 0 Å². The number of nitrogens with one attached hydrogen (secondary N) is 1. The van der Waals surface area contributed by atoms with Gasteiger partial charge < -0.3 is 10.2 Å². The van der Waals surface area contributed by atoms with Crippen molar-refractivity contribution in [3.63, 3.8) is 0 Å². The average Bonchev–Trinajstić information content (AvgIpc) is 3.09. The summed E-state index contributed by atoms with van der Waals surface area (Å²) < 4.78 is 76.0. The summed E-state index contributed by atoms with van der Waals surface area (Å²) in [6, 6.07) is 3.98. The molecule has 1 aliphatic heterocycles. The van der Waals surface area contributed by atoms with Gasteiger partial charge in [0.25, 0.3) is 0 Å². The van der Waals surface area contributed by atoms with Crippen molar-refractivity contribution in [2.45, 2.75) is 31.2 Å². The SMILES string of the molecule is O=C(Cc1ccc(C(F)(F)F)cc1)NC1CCN(c2cncc(C(F)(F)F)n2)C1. The lowest BCUT2D eigenvalue weighted by molar-refractivity contribution is -0.141. The summed E-state index contributed by atoms with van der Waals surface area (Å²) in [5.41, 5.74) is -1.46. The maximum Gasteiger partial charge on any atom is 0.434 e. The molecule has 1 N–H and O–H groups in total. The molecular weight excluding hydrogens is 402 g/mol. The van der Waals surface area contributed by atoms with E-state index in [1.807, 2.05) is 0 Å². The highest BCUT2D eigenvalue weighted by Gasteiger charge is 2.34. The quantitative estimate of drug-likeness (QED) is 0.773. The molecule has 3 rings (SSSR count). The Hall–Kier alpha value is -2.85. The second kappa shape index (κ2) is 7.88. The number of nitrogens with zero attached hydrogens (tertiary/aromatic N) is 3. The first-order chi connectivity index (χ1) is 13.5. The van der Waals surface area contributed by atoms with Gasteiger partial charge in [-0.05, 0) is 24.1 Å². The molecule has 1 atom stereocenters. The van der Waals surface area contributed by atoms with Gasteiger partial charge in [-0.2, -0.15) is 26.3 Å². The van der Waals surface area contributed by atoms with E-state index in [4.69, 9.17) is 0 Å². The van der Waals surface area contributed by atoms with Crippen LogP contribution in [0.1, 0.15) is 23.2 Å². The predicted molar refractivity (Wildman–Crippen MR) is 90.9 cm³/mol. The average molecular weight is 418 g/mol. The van der Waals surface area contributed by atoms with E-state index < -0.39 is 23.6 Å². The fourth-order valence-electron chi connectivity index (χ4n) is 3.01. The zero-order chi connectivity index (χ0) is 21.2. The summed E-state index contributed by atoms with van der Waals surface area (Å²) in [5.74, 6) is -0.314. The van der Waals surface area contributed by atoms with Gasteiger partial charge in [0, 0.05) is 19.1 Å². The van der Waals surface area contributed by atoms with Gasteiger partial charge in [-0.25, -0.2) is 4.98 Å². The maximum absolute atomic E-state index is 12.8. The molecule has 1 fully saturated rings. The van der Waals surface area contributed by atoms with Crippen LogP contribution in [0.15, 0.2) is 36.7 Å². The topological polar surface area (TPSA) is 58.1 Å². The van der Waals surface area contributed by atoms with Crippen molar-refractivity contribution < 1.29 is 31.1 Å². The standard InChI is InChI=1S/C18H16F6N4O/c19-17(20,21)12-3-1-11(2-4-12)7-16(29)26-13-5-6-28(10-13)15-9-25-8-14(27-15)18(22,23)24/h1-4,8-9,13H,5-7,10H2,(H,26,29). The summed E-state index contributed by atoms with van der Waals surface area (Å²) in [6.45, 7) is 0.649. The smallest absolute Gasteiger partial charge is 0.353 e. The molecule has 1 aromatic carbocycles. The molecule has 5 nitrogen and oxygen atoms in total. The van der Waals surface area contributed by atoms with Crippen molar-refractivity contribution in [1.29, 1.82) is 0 Å². The molecule has 1 amide bonds. The van der Waals surface area contributed by atoms with E-state index in [1.165, 1.54) is 18.3 Å². The van der Waals surface area contributed by atoms with Gasteiger partial charge >= 0.3 is 12.4 Å². The van der Waals surface area contributed by atoms with Gasteiger partial charge in [0.05, 0.1) is 24.4 Å². The maximum atomic E-state index is 12.8. The Morgan fingerprint density at radius 1 is 1.07 bits per heavy atom. The fourth-order valence-corrected chi connectivity index (χ4v) is 3.01. The number of alkyl halides is 6. The minimum Gasteiger partial charge on any atom is -0.353 e. The van der Waals surface area contributed by atoms with Crippen LogP contribution in [-0.2, 0) is 23.6 Å². The molecular formula is C18H16F6N4O. The van der Waals surface area contributed by atoms with E-state index in [1.54, 1.807) is 4.90 Å². The second-order valence-electron chi connectivity index (χ2n) is 6.63. The number of hydrogen-bond acceptors (Lipinski definition) is 4. The van der Waals surface area contributed by atoms with Crippen LogP contribution in [0.2, 0.25) is 0 Å². The van der Waals surface area contributed by atoms with Crippen molar-refractivity contribution >= 4 is 11.7 Å². The minimum atomic E-state index is -4.60. The molecule has 1 saturated heterocycles. The lowest BCUT2D eigenvalue weighted by atomic mass is 10.1. The largest absolute Gasteiger partial charge is 0.434 e. The number of anilines is 1.